The SMILES string of the molecule is CC(=O)COCC(CC(C)(C)C(C)(C)OC(COc1ccccc1)CC(C)(C)OCCCc1ccccc1)OC(C)C. The number of carbonyl (C=O) groups excluding carboxylic acids is 1. The molecule has 0 spiro atoms. The van der Waals surface area contributed by atoms with Crippen molar-refractivity contribution >= 4 is 5.78 Å². The van der Waals surface area contributed by atoms with Crippen molar-refractivity contribution in [2.24, 2.45) is 5.41 Å². The highest BCUT2D eigenvalue weighted by Gasteiger charge is 2.42. The molecule has 6 nitrogen and oxygen atoms in total. The Morgan fingerprint density at radius 2 is 1.43 bits per heavy atom. The number of ketones is 1. The van der Waals surface area contributed by atoms with Crippen LogP contribution in [0.5, 0.6) is 5.75 Å². The van der Waals surface area contributed by atoms with Gasteiger partial charge in [0.05, 0.1) is 36.1 Å². The molecule has 0 saturated carbocycles. The first-order valence-corrected chi connectivity index (χ1v) is 15.5. The first-order valence-electron chi connectivity index (χ1n) is 15.5. The number of benzene rings is 2. The monoisotopic (exact) mass is 584 g/mol. The molecule has 2 rings (SSSR count). The number of para-hydroxylation sites is 1. The Kier molecular flexibility index (Phi) is 14.7. The maximum absolute atomic E-state index is 11.4. The Hall–Kier alpha value is -2.25. The molecule has 0 saturated heterocycles. The first-order chi connectivity index (χ1) is 19.7. The van der Waals surface area contributed by atoms with Crippen LogP contribution < -0.4 is 4.74 Å². The lowest BCUT2D eigenvalue weighted by Crippen LogP contribution is -2.49. The molecular formula is C36H56O6. The Morgan fingerprint density at radius 1 is 0.810 bits per heavy atom. The van der Waals surface area contributed by atoms with E-state index in [0.717, 1.165) is 18.6 Å². The van der Waals surface area contributed by atoms with E-state index in [1.807, 2.05) is 50.2 Å². The van der Waals surface area contributed by atoms with Crippen LogP contribution in [0.3, 0.4) is 0 Å². The fourth-order valence-electron chi connectivity index (χ4n) is 4.97. The molecule has 0 aliphatic heterocycles. The summed E-state index contributed by atoms with van der Waals surface area (Å²) in [6, 6.07) is 20.4. The molecule has 0 bridgehead atoms. The Morgan fingerprint density at radius 3 is 2.02 bits per heavy atom. The summed E-state index contributed by atoms with van der Waals surface area (Å²) in [5, 5.41) is 0. The molecule has 0 aliphatic carbocycles. The summed E-state index contributed by atoms with van der Waals surface area (Å²) in [6.45, 7) is 20.1. The van der Waals surface area contributed by atoms with E-state index in [9.17, 15) is 4.79 Å². The van der Waals surface area contributed by atoms with Gasteiger partial charge in [0.15, 0.2) is 5.78 Å². The highest BCUT2D eigenvalue weighted by Crippen LogP contribution is 2.40. The quantitative estimate of drug-likeness (QED) is 0.139. The van der Waals surface area contributed by atoms with E-state index in [0.29, 0.717) is 32.7 Å². The number of rotatable bonds is 21. The molecule has 0 amide bonds. The van der Waals surface area contributed by atoms with E-state index >= 15 is 0 Å². The molecule has 0 heterocycles. The lowest BCUT2D eigenvalue weighted by Gasteiger charge is -2.46. The van der Waals surface area contributed by atoms with Crippen LogP contribution in [0.25, 0.3) is 0 Å². The van der Waals surface area contributed by atoms with Gasteiger partial charge in [-0.1, -0.05) is 62.4 Å². The molecule has 0 radical (unpaired) electrons. The van der Waals surface area contributed by atoms with Crippen molar-refractivity contribution in [2.45, 2.75) is 118 Å². The van der Waals surface area contributed by atoms with Crippen molar-refractivity contribution in [1.82, 2.24) is 0 Å². The molecule has 2 aromatic rings. The first kappa shape index (κ1) is 35.9. The van der Waals surface area contributed by atoms with Gasteiger partial charge in [-0.05, 0) is 90.8 Å². The lowest BCUT2D eigenvalue weighted by atomic mass is 9.73. The third-order valence-corrected chi connectivity index (χ3v) is 7.75. The van der Waals surface area contributed by atoms with Crippen LogP contribution in [0.4, 0.5) is 0 Å². The molecule has 42 heavy (non-hydrogen) atoms. The van der Waals surface area contributed by atoms with Crippen molar-refractivity contribution in [3.8, 4) is 5.75 Å². The molecule has 0 aliphatic rings. The van der Waals surface area contributed by atoms with Gasteiger partial charge >= 0.3 is 0 Å². The van der Waals surface area contributed by atoms with Gasteiger partial charge in [-0.3, -0.25) is 4.79 Å². The molecule has 0 N–H and O–H groups in total. The van der Waals surface area contributed by atoms with Gasteiger partial charge in [0, 0.05) is 13.0 Å². The fraction of sp³-hybridized carbons (Fsp3) is 0.639. The summed E-state index contributed by atoms with van der Waals surface area (Å²) in [5.74, 6) is 0.824. The van der Waals surface area contributed by atoms with Crippen molar-refractivity contribution in [3.63, 3.8) is 0 Å². The van der Waals surface area contributed by atoms with Crippen LogP contribution in [0.1, 0.15) is 87.1 Å². The molecule has 6 heteroatoms. The second-order valence-corrected chi connectivity index (χ2v) is 13.4. The van der Waals surface area contributed by atoms with Gasteiger partial charge in [0.25, 0.3) is 0 Å². The minimum absolute atomic E-state index is 0.00683. The van der Waals surface area contributed by atoms with Crippen molar-refractivity contribution in [2.75, 3.05) is 26.4 Å². The smallest absolute Gasteiger partial charge is 0.155 e. The van der Waals surface area contributed by atoms with Crippen LogP contribution in [0, 0.1) is 5.41 Å². The lowest BCUT2D eigenvalue weighted by molar-refractivity contribution is -0.178. The van der Waals surface area contributed by atoms with Gasteiger partial charge in [-0.2, -0.15) is 0 Å². The van der Waals surface area contributed by atoms with Crippen LogP contribution in [0.2, 0.25) is 0 Å². The minimum atomic E-state index is -0.528. The van der Waals surface area contributed by atoms with E-state index in [1.165, 1.54) is 12.5 Å². The highest BCUT2D eigenvalue weighted by atomic mass is 16.6. The van der Waals surface area contributed by atoms with E-state index in [2.05, 4.69) is 65.8 Å². The molecule has 236 valence electrons. The second kappa shape index (κ2) is 17.1. The molecular weight excluding hydrogens is 528 g/mol. The Bertz CT molecular complexity index is 1020. The number of hydrogen-bond donors (Lipinski definition) is 0. The second-order valence-electron chi connectivity index (χ2n) is 13.4. The van der Waals surface area contributed by atoms with Crippen molar-refractivity contribution in [3.05, 3.63) is 66.2 Å². The third kappa shape index (κ3) is 13.8. The average molecular weight is 585 g/mol. The van der Waals surface area contributed by atoms with Gasteiger partial charge in [0.2, 0.25) is 0 Å². The maximum atomic E-state index is 11.4. The van der Waals surface area contributed by atoms with Crippen LogP contribution in [-0.2, 0) is 30.2 Å². The van der Waals surface area contributed by atoms with Crippen LogP contribution in [0.15, 0.2) is 60.7 Å². The summed E-state index contributed by atoms with van der Waals surface area (Å²) in [6.07, 6.45) is 3.02. The van der Waals surface area contributed by atoms with E-state index in [4.69, 9.17) is 23.7 Å². The van der Waals surface area contributed by atoms with Crippen molar-refractivity contribution in [1.29, 1.82) is 0 Å². The normalized spacial score (nSPS) is 14.1. The van der Waals surface area contributed by atoms with E-state index < -0.39 is 11.2 Å². The summed E-state index contributed by atoms with van der Waals surface area (Å²) in [5.41, 5.74) is 0.121. The van der Waals surface area contributed by atoms with Gasteiger partial charge < -0.3 is 23.7 Å². The Labute approximate surface area is 255 Å². The molecule has 0 fully saturated rings. The van der Waals surface area contributed by atoms with E-state index in [1.54, 1.807) is 0 Å². The van der Waals surface area contributed by atoms with Gasteiger partial charge in [-0.15, -0.1) is 0 Å². The summed E-state index contributed by atoms with van der Waals surface area (Å²) >= 11 is 0. The van der Waals surface area contributed by atoms with E-state index in [-0.39, 0.29) is 36.1 Å². The maximum Gasteiger partial charge on any atom is 0.155 e. The predicted molar refractivity (Wildman–Crippen MR) is 170 cm³/mol. The molecule has 0 aromatic heterocycles. The minimum Gasteiger partial charge on any atom is -0.491 e. The molecule has 2 unspecified atom stereocenters. The number of carbonyl (C=O) groups is 1. The summed E-state index contributed by atoms with van der Waals surface area (Å²) in [4.78, 5) is 11.4. The predicted octanol–water partition coefficient (Wildman–Crippen LogP) is 7.86. The van der Waals surface area contributed by atoms with Gasteiger partial charge in [-0.25, -0.2) is 0 Å². The summed E-state index contributed by atoms with van der Waals surface area (Å²) < 4.78 is 31.4. The standard InChI is InChI=1S/C36H56O6/c1-28(2)41-32(26-38-25-29(3)37)23-34(4,5)36(8,9)42-33(27-39-31-20-14-11-15-21-31)24-35(6,7)40-22-16-19-30-17-12-10-13-18-30/h10-15,17-18,20-21,28,32-33H,16,19,22-27H2,1-9H3. The molecule has 2 atom stereocenters. The zero-order valence-corrected chi connectivity index (χ0v) is 27.6. The highest BCUT2D eigenvalue weighted by molar-refractivity contribution is 5.76. The number of hydrogen-bond acceptors (Lipinski definition) is 6. The Balaban J connectivity index is 2.09. The fourth-order valence-corrected chi connectivity index (χ4v) is 4.97. The zero-order chi connectivity index (χ0) is 31.2. The zero-order valence-electron chi connectivity index (χ0n) is 27.6. The number of ether oxygens (including phenoxy) is 5. The van der Waals surface area contributed by atoms with Crippen LogP contribution in [-0.4, -0.2) is 61.7 Å². The number of aryl methyl sites for hydroxylation is 1. The topological polar surface area (TPSA) is 63.2 Å². The largest absolute Gasteiger partial charge is 0.491 e. The number of Topliss-reactive ketones (excluding diaryl/α,β-unsaturated/α-hetero) is 1. The van der Waals surface area contributed by atoms with Crippen molar-refractivity contribution < 1.29 is 28.5 Å². The third-order valence-electron chi connectivity index (χ3n) is 7.75. The summed E-state index contributed by atoms with van der Waals surface area (Å²) in [7, 11) is 0. The van der Waals surface area contributed by atoms with Crippen LogP contribution >= 0.6 is 0 Å². The average Bonchev–Trinajstić information content (AvgIpc) is 2.90. The van der Waals surface area contributed by atoms with Gasteiger partial charge in [0.1, 0.15) is 19.0 Å². The molecule has 2 aromatic carbocycles.